The van der Waals surface area contributed by atoms with Crippen molar-refractivity contribution < 1.29 is 13.6 Å². The van der Waals surface area contributed by atoms with Crippen molar-refractivity contribution in [3.8, 4) is 0 Å². The Labute approximate surface area is 146 Å². The molecule has 1 amide bonds. The van der Waals surface area contributed by atoms with Crippen LogP contribution in [-0.2, 0) is 11.3 Å². The molecule has 2 heterocycles. The number of nitrogens with one attached hydrogen (secondary N) is 1. The smallest absolute Gasteiger partial charge is 0.275 e. The predicted molar refractivity (Wildman–Crippen MR) is 94.2 cm³/mol. The van der Waals surface area contributed by atoms with E-state index in [0.717, 1.165) is 17.6 Å². The summed E-state index contributed by atoms with van der Waals surface area (Å²) in [5.41, 5.74) is 1.31. The number of para-hydroxylation sites is 2. The number of aromatic nitrogens is 2. The minimum Gasteiger partial charge on any atom is -0.322 e. The van der Waals surface area contributed by atoms with Gasteiger partial charge in [-0.05, 0) is 36.4 Å². The van der Waals surface area contributed by atoms with Gasteiger partial charge < -0.3 is 9.72 Å². The molecule has 0 aliphatic heterocycles. The van der Waals surface area contributed by atoms with Crippen molar-refractivity contribution in [2.45, 2.75) is 6.54 Å². The van der Waals surface area contributed by atoms with Crippen molar-refractivity contribution in [1.82, 2.24) is 8.97 Å². The second-order valence-electron chi connectivity index (χ2n) is 5.82. The zero-order valence-corrected chi connectivity index (χ0v) is 13.4. The Balaban J connectivity index is 1.75. The number of amides is 1. The van der Waals surface area contributed by atoms with Gasteiger partial charge in [0.15, 0.2) is 0 Å². The number of anilines is 1. The van der Waals surface area contributed by atoms with Gasteiger partial charge >= 0.3 is 0 Å². The molecule has 0 saturated carbocycles. The molecule has 26 heavy (non-hydrogen) atoms. The molecule has 4 rings (SSSR count). The van der Waals surface area contributed by atoms with Gasteiger partial charge in [0, 0.05) is 12.3 Å². The van der Waals surface area contributed by atoms with E-state index >= 15 is 0 Å². The van der Waals surface area contributed by atoms with Crippen LogP contribution in [0.3, 0.4) is 0 Å². The molecule has 0 aliphatic rings. The Morgan fingerprint density at radius 2 is 1.69 bits per heavy atom. The van der Waals surface area contributed by atoms with E-state index in [4.69, 9.17) is 0 Å². The second-order valence-corrected chi connectivity index (χ2v) is 5.82. The predicted octanol–water partition coefficient (Wildman–Crippen LogP) is 3.17. The molecule has 0 fully saturated rings. The SMILES string of the molecule is O=C(Cn1c(=O)c2cccn2c2ccccc21)Nc1ccc(F)cc1F. The Kier molecular flexibility index (Phi) is 3.76. The fourth-order valence-corrected chi connectivity index (χ4v) is 2.99. The van der Waals surface area contributed by atoms with E-state index in [2.05, 4.69) is 5.32 Å². The van der Waals surface area contributed by atoms with Crippen LogP contribution in [0.2, 0.25) is 0 Å². The average Bonchev–Trinajstić information content (AvgIpc) is 3.11. The molecule has 0 spiro atoms. The van der Waals surface area contributed by atoms with Crippen molar-refractivity contribution in [2.24, 2.45) is 0 Å². The Morgan fingerprint density at radius 1 is 0.962 bits per heavy atom. The number of halogens is 2. The van der Waals surface area contributed by atoms with Gasteiger partial charge in [-0.3, -0.25) is 14.2 Å². The van der Waals surface area contributed by atoms with Crippen LogP contribution in [-0.4, -0.2) is 14.9 Å². The molecule has 0 radical (unpaired) electrons. The third-order valence-corrected chi connectivity index (χ3v) is 4.15. The van der Waals surface area contributed by atoms with E-state index in [1.165, 1.54) is 4.57 Å². The number of carbonyl (C=O) groups is 1. The molecule has 0 aliphatic carbocycles. The van der Waals surface area contributed by atoms with Gasteiger partial charge in [-0.2, -0.15) is 0 Å². The van der Waals surface area contributed by atoms with Crippen LogP contribution in [0.25, 0.3) is 16.6 Å². The van der Waals surface area contributed by atoms with E-state index in [1.54, 1.807) is 34.9 Å². The lowest BCUT2D eigenvalue weighted by Crippen LogP contribution is -2.29. The number of carbonyl (C=O) groups excluding carboxylic acids is 1. The van der Waals surface area contributed by atoms with Crippen LogP contribution >= 0.6 is 0 Å². The number of hydrogen-bond acceptors (Lipinski definition) is 2. The molecule has 2 aromatic heterocycles. The molecule has 0 atom stereocenters. The Hall–Kier alpha value is -3.48. The third kappa shape index (κ3) is 2.63. The molecule has 0 bridgehead atoms. The summed E-state index contributed by atoms with van der Waals surface area (Å²) in [6.07, 6.45) is 1.78. The van der Waals surface area contributed by atoms with Gasteiger partial charge in [0.1, 0.15) is 23.7 Å². The monoisotopic (exact) mass is 353 g/mol. The summed E-state index contributed by atoms with van der Waals surface area (Å²) >= 11 is 0. The first-order valence-corrected chi connectivity index (χ1v) is 7.88. The first-order chi connectivity index (χ1) is 12.5. The van der Waals surface area contributed by atoms with Crippen LogP contribution in [0.4, 0.5) is 14.5 Å². The maximum atomic E-state index is 13.7. The van der Waals surface area contributed by atoms with Crippen molar-refractivity contribution >= 4 is 28.1 Å². The van der Waals surface area contributed by atoms with Gasteiger partial charge in [0.05, 0.1) is 16.7 Å². The van der Waals surface area contributed by atoms with Crippen LogP contribution in [0, 0.1) is 11.6 Å². The quantitative estimate of drug-likeness (QED) is 0.615. The van der Waals surface area contributed by atoms with E-state index in [9.17, 15) is 18.4 Å². The van der Waals surface area contributed by atoms with E-state index in [-0.39, 0.29) is 17.8 Å². The zero-order chi connectivity index (χ0) is 18.3. The fraction of sp³-hybridized carbons (Fsp3) is 0.0526. The highest BCUT2D eigenvalue weighted by molar-refractivity contribution is 5.92. The van der Waals surface area contributed by atoms with Crippen molar-refractivity contribution in [3.05, 3.63) is 82.8 Å². The summed E-state index contributed by atoms with van der Waals surface area (Å²) < 4.78 is 29.8. The highest BCUT2D eigenvalue weighted by atomic mass is 19.1. The van der Waals surface area contributed by atoms with Gasteiger partial charge in [0.2, 0.25) is 5.91 Å². The summed E-state index contributed by atoms with van der Waals surface area (Å²) in [4.78, 5) is 25.1. The first kappa shape index (κ1) is 16.0. The van der Waals surface area contributed by atoms with Gasteiger partial charge in [-0.1, -0.05) is 12.1 Å². The van der Waals surface area contributed by atoms with E-state index < -0.39 is 17.5 Å². The average molecular weight is 353 g/mol. The molecule has 5 nitrogen and oxygen atoms in total. The van der Waals surface area contributed by atoms with E-state index in [1.807, 2.05) is 12.1 Å². The fourth-order valence-electron chi connectivity index (χ4n) is 2.99. The number of rotatable bonds is 3. The molecule has 4 aromatic rings. The summed E-state index contributed by atoms with van der Waals surface area (Å²) in [6, 6.07) is 13.5. The highest BCUT2D eigenvalue weighted by Crippen LogP contribution is 2.17. The summed E-state index contributed by atoms with van der Waals surface area (Å²) in [6.45, 7) is -0.294. The molecule has 7 heteroatoms. The van der Waals surface area contributed by atoms with Crippen molar-refractivity contribution in [1.29, 1.82) is 0 Å². The van der Waals surface area contributed by atoms with Crippen LogP contribution in [0.5, 0.6) is 0 Å². The number of fused-ring (bicyclic) bond motifs is 3. The largest absolute Gasteiger partial charge is 0.322 e. The molecule has 0 saturated heterocycles. The maximum Gasteiger partial charge on any atom is 0.275 e. The second kappa shape index (κ2) is 6.11. The maximum absolute atomic E-state index is 13.7. The minimum absolute atomic E-state index is 0.141. The van der Waals surface area contributed by atoms with E-state index in [0.29, 0.717) is 17.1 Å². The lowest BCUT2D eigenvalue weighted by molar-refractivity contribution is -0.116. The Morgan fingerprint density at radius 3 is 2.46 bits per heavy atom. The summed E-state index contributed by atoms with van der Waals surface area (Å²) in [7, 11) is 0. The molecular formula is C19H13F2N3O2. The van der Waals surface area contributed by atoms with Crippen LogP contribution < -0.4 is 10.9 Å². The van der Waals surface area contributed by atoms with Crippen molar-refractivity contribution in [2.75, 3.05) is 5.32 Å². The summed E-state index contributed by atoms with van der Waals surface area (Å²) in [5, 5.41) is 2.37. The molecule has 2 aromatic carbocycles. The van der Waals surface area contributed by atoms with Gasteiger partial charge in [-0.15, -0.1) is 0 Å². The zero-order valence-electron chi connectivity index (χ0n) is 13.4. The van der Waals surface area contributed by atoms with Gasteiger partial charge in [-0.25, -0.2) is 8.78 Å². The van der Waals surface area contributed by atoms with Crippen LogP contribution in [0.15, 0.2) is 65.6 Å². The minimum atomic E-state index is -0.877. The third-order valence-electron chi connectivity index (χ3n) is 4.15. The number of hydrogen-bond donors (Lipinski definition) is 1. The van der Waals surface area contributed by atoms with Crippen molar-refractivity contribution in [3.63, 3.8) is 0 Å². The lowest BCUT2D eigenvalue weighted by atomic mass is 10.2. The first-order valence-electron chi connectivity index (χ1n) is 7.88. The summed E-state index contributed by atoms with van der Waals surface area (Å²) in [5.74, 6) is -2.20. The van der Waals surface area contributed by atoms with Crippen LogP contribution in [0.1, 0.15) is 0 Å². The number of benzene rings is 2. The standard InChI is InChI=1S/C19H13F2N3O2/c20-12-7-8-14(13(21)10-12)22-18(25)11-24-16-5-2-1-4-15(16)23-9-3-6-17(23)19(24)26/h1-10H,11H2,(H,22,25). The normalized spacial score (nSPS) is 11.2. The highest BCUT2D eigenvalue weighted by Gasteiger charge is 2.14. The topological polar surface area (TPSA) is 55.5 Å². The molecular weight excluding hydrogens is 340 g/mol. The molecule has 1 N–H and O–H groups in total. The number of nitrogens with zero attached hydrogens (tertiary/aromatic N) is 2. The molecule has 0 unspecified atom stereocenters. The lowest BCUT2D eigenvalue weighted by Gasteiger charge is -2.13. The Bertz CT molecular complexity index is 1210. The molecule has 130 valence electrons. The van der Waals surface area contributed by atoms with Gasteiger partial charge in [0.25, 0.3) is 5.56 Å².